The highest BCUT2D eigenvalue weighted by Crippen LogP contribution is 2.39. The van der Waals surface area contributed by atoms with E-state index >= 15 is 0 Å². The van der Waals surface area contributed by atoms with Gasteiger partial charge >= 0.3 is 11.9 Å². The van der Waals surface area contributed by atoms with E-state index in [0.717, 1.165) is 27.8 Å². The van der Waals surface area contributed by atoms with Crippen LogP contribution in [0, 0.1) is 13.8 Å². The van der Waals surface area contributed by atoms with Crippen molar-refractivity contribution in [1.29, 1.82) is 0 Å². The molecule has 30 heavy (non-hydrogen) atoms. The lowest BCUT2D eigenvalue weighted by molar-refractivity contribution is 0.0685. The molecule has 0 saturated heterocycles. The number of carboxylic acid groups (broad SMARTS) is 2. The maximum absolute atomic E-state index is 11.7. The van der Waals surface area contributed by atoms with Crippen molar-refractivity contribution in [2.45, 2.75) is 40.0 Å². The van der Waals surface area contributed by atoms with Gasteiger partial charge in [-0.1, -0.05) is 57.2 Å². The monoisotopic (exact) mass is 402 g/mol. The van der Waals surface area contributed by atoms with E-state index < -0.39 is 11.9 Å². The average Bonchev–Trinajstić information content (AvgIpc) is 2.67. The lowest BCUT2D eigenvalue weighted by Crippen LogP contribution is -2.11. The van der Waals surface area contributed by atoms with Crippen molar-refractivity contribution in [3.63, 3.8) is 0 Å². The smallest absolute Gasteiger partial charge is 0.335 e. The zero-order chi connectivity index (χ0) is 22.2. The molecular formula is C26H26O4. The fourth-order valence-corrected chi connectivity index (χ4v) is 3.79. The van der Waals surface area contributed by atoms with E-state index in [2.05, 4.69) is 32.9 Å². The van der Waals surface area contributed by atoms with Crippen molar-refractivity contribution in [1.82, 2.24) is 0 Å². The summed E-state index contributed by atoms with van der Waals surface area (Å²) in [4.78, 5) is 23.3. The second-order valence-electron chi connectivity index (χ2n) is 8.58. The van der Waals surface area contributed by atoms with Gasteiger partial charge in [-0.25, -0.2) is 9.59 Å². The summed E-state index contributed by atoms with van der Waals surface area (Å²) in [6.07, 6.45) is 0. The standard InChI is InChI=1S/C26H26O4/c1-15-18(8-6-10-20(15)24(27)28)22-13-12-17(26(3,4)5)14-23(22)19-9-7-11-21(16(19)2)25(29)30/h6-14H,1-5H3,(H,27,28)(H,29,30). The van der Waals surface area contributed by atoms with Gasteiger partial charge in [-0.3, -0.25) is 0 Å². The van der Waals surface area contributed by atoms with Crippen LogP contribution in [0.3, 0.4) is 0 Å². The minimum absolute atomic E-state index is 0.0937. The van der Waals surface area contributed by atoms with Crippen LogP contribution in [-0.4, -0.2) is 22.2 Å². The van der Waals surface area contributed by atoms with Crippen molar-refractivity contribution < 1.29 is 19.8 Å². The predicted octanol–water partition coefficient (Wildman–Crippen LogP) is 6.33. The van der Waals surface area contributed by atoms with Gasteiger partial charge in [-0.05, 0) is 76.4 Å². The third kappa shape index (κ3) is 3.86. The maximum Gasteiger partial charge on any atom is 0.335 e. The Hall–Kier alpha value is -3.40. The van der Waals surface area contributed by atoms with Gasteiger partial charge in [0.05, 0.1) is 11.1 Å². The number of aromatic carboxylic acids is 2. The van der Waals surface area contributed by atoms with E-state index in [0.29, 0.717) is 11.1 Å². The number of hydrogen-bond donors (Lipinski definition) is 2. The molecule has 2 N–H and O–H groups in total. The molecule has 0 aliphatic carbocycles. The Morgan fingerprint density at radius 1 is 0.667 bits per heavy atom. The summed E-state index contributed by atoms with van der Waals surface area (Å²) in [5.74, 6) is -1.93. The van der Waals surface area contributed by atoms with Crippen LogP contribution in [0.25, 0.3) is 22.3 Å². The lowest BCUT2D eigenvalue weighted by Gasteiger charge is -2.23. The fourth-order valence-electron chi connectivity index (χ4n) is 3.79. The maximum atomic E-state index is 11.7. The molecule has 3 aromatic rings. The largest absolute Gasteiger partial charge is 0.478 e. The molecule has 0 saturated carbocycles. The first kappa shape index (κ1) is 21.3. The molecule has 0 aliphatic heterocycles. The number of carboxylic acids is 2. The summed E-state index contributed by atoms with van der Waals surface area (Å²) in [7, 11) is 0. The van der Waals surface area contributed by atoms with Crippen LogP contribution in [0.1, 0.15) is 58.2 Å². The molecular weight excluding hydrogens is 376 g/mol. The van der Waals surface area contributed by atoms with Crippen molar-refractivity contribution in [3.05, 3.63) is 82.4 Å². The van der Waals surface area contributed by atoms with Gasteiger partial charge in [0.25, 0.3) is 0 Å². The third-order valence-corrected chi connectivity index (χ3v) is 5.59. The minimum Gasteiger partial charge on any atom is -0.478 e. The molecule has 0 radical (unpaired) electrons. The zero-order valence-electron chi connectivity index (χ0n) is 17.9. The number of carbonyl (C=O) groups is 2. The summed E-state index contributed by atoms with van der Waals surface area (Å²) in [5, 5.41) is 19.1. The van der Waals surface area contributed by atoms with E-state index in [1.165, 1.54) is 0 Å². The van der Waals surface area contributed by atoms with E-state index in [1.54, 1.807) is 31.2 Å². The Morgan fingerprint density at radius 2 is 1.13 bits per heavy atom. The van der Waals surface area contributed by atoms with Gasteiger partial charge in [0.1, 0.15) is 0 Å². The molecule has 0 bridgehead atoms. The van der Waals surface area contributed by atoms with Gasteiger partial charge in [0, 0.05) is 0 Å². The molecule has 3 aromatic carbocycles. The van der Waals surface area contributed by atoms with Crippen LogP contribution >= 0.6 is 0 Å². The topological polar surface area (TPSA) is 74.6 Å². The van der Waals surface area contributed by atoms with Crippen LogP contribution in [0.15, 0.2) is 54.6 Å². The summed E-state index contributed by atoms with van der Waals surface area (Å²) in [6, 6.07) is 16.7. The Morgan fingerprint density at radius 3 is 1.57 bits per heavy atom. The molecule has 154 valence electrons. The zero-order valence-corrected chi connectivity index (χ0v) is 17.9. The molecule has 0 spiro atoms. The molecule has 3 rings (SSSR count). The second-order valence-corrected chi connectivity index (χ2v) is 8.58. The SMILES string of the molecule is Cc1c(C(=O)O)cccc1-c1ccc(C(C)(C)C)cc1-c1cccc(C(=O)O)c1C. The van der Waals surface area contributed by atoms with Gasteiger partial charge in [0.15, 0.2) is 0 Å². The van der Waals surface area contributed by atoms with Crippen LogP contribution in [0.5, 0.6) is 0 Å². The van der Waals surface area contributed by atoms with E-state index in [9.17, 15) is 19.8 Å². The van der Waals surface area contributed by atoms with E-state index in [-0.39, 0.29) is 16.5 Å². The first-order chi connectivity index (χ1) is 14.0. The summed E-state index contributed by atoms with van der Waals surface area (Å²) < 4.78 is 0. The first-order valence-electron chi connectivity index (χ1n) is 9.83. The van der Waals surface area contributed by atoms with Crippen LogP contribution in [-0.2, 0) is 5.41 Å². The average molecular weight is 402 g/mol. The Bertz CT molecular complexity index is 1150. The molecule has 0 heterocycles. The molecule has 0 unspecified atom stereocenters. The second kappa shape index (κ2) is 7.79. The molecule has 0 fully saturated rings. The summed E-state index contributed by atoms with van der Waals surface area (Å²) in [6.45, 7) is 10.0. The van der Waals surface area contributed by atoms with Crippen molar-refractivity contribution in [2.75, 3.05) is 0 Å². The Kier molecular flexibility index (Phi) is 5.53. The molecule has 0 amide bonds. The van der Waals surface area contributed by atoms with Crippen molar-refractivity contribution in [2.24, 2.45) is 0 Å². The highest BCUT2D eigenvalue weighted by Gasteiger charge is 2.21. The number of hydrogen-bond acceptors (Lipinski definition) is 2. The molecule has 4 heteroatoms. The highest BCUT2D eigenvalue weighted by atomic mass is 16.4. The van der Waals surface area contributed by atoms with Gasteiger partial charge in [-0.15, -0.1) is 0 Å². The van der Waals surface area contributed by atoms with Crippen LogP contribution in [0.4, 0.5) is 0 Å². The molecule has 0 aliphatic rings. The van der Waals surface area contributed by atoms with Crippen LogP contribution in [0.2, 0.25) is 0 Å². The Balaban J connectivity index is 2.38. The quantitative estimate of drug-likeness (QED) is 0.535. The van der Waals surface area contributed by atoms with E-state index in [4.69, 9.17) is 0 Å². The van der Waals surface area contributed by atoms with Gasteiger partial charge in [-0.2, -0.15) is 0 Å². The summed E-state index contributed by atoms with van der Waals surface area (Å²) >= 11 is 0. The molecule has 0 atom stereocenters. The van der Waals surface area contributed by atoms with E-state index in [1.807, 2.05) is 25.1 Å². The molecule has 4 nitrogen and oxygen atoms in total. The number of benzene rings is 3. The minimum atomic E-state index is -0.966. The number of rotatable bonds is 4. The van der Waals surface area contributed by atoms with Crippen molar-refractivity contribution >= 4 is 11.9 Å². The van der Waals surface area contributed by atoms with Gasteiger partial charge < -0.3 is 10.2 Å². The Labute approximate surface area is 176 Å². The summed E-state index contributed by atoms with van der Waals surface area (Å²) in [5.41, 5.74) is 6.35. The highest BCUT2D eigenvalue weighted by molar-refractivity contribution is 5.96. The lowest BCUT2D eigenvalue weighted by atomic mass is 9.81. The first-order valence-corrected chi connectivity index (χ1v) is 9.83. The molecule has 0 aromatic heterocycles. The fraction of sp³-hybridized carbons (Fsp3) is 0.231. The predicted molar refractivity (Wildman–Crippen MR) is 119 cm³/mol. The third-order valence-electron chi connectivity index (χ3n) is 5.59. The normalized spacial score (nSPS) is 11.4. The van der Waals surface area contributed by atoms with Gasteiger partial charge in [0.2, 0.25) is 0 Å². The van der Waals surface area contributed by atoms with Crippen LogP contribution < -0.4 is 0 Å². The van der Waals surface area contributed by atoms with Crippen molar-refractivity contribution in [3.8, 4) is 22.3 Å².